The van der Waals surface area contributed by atoms with Gasteiger partial charge in [-0.05, 0) is 12.5 Å². The zero-order valence-corrected chi connectivity index (χ0v) is 17.6. The minimum atomic E-state index is 0. The number of hydrogen-bond acceptors (Lipinski definition) is 4. The number of aryl methyl sites for hydroxylation is 1. The predicted molar refractivity (Wildman–Crippen MR) is 113 cm³/mol. The number of guanidine groups is 1. The molecule has 25 heavy (non-hydrogen) atoms. The number of hydrogen-bond donors (Lipinski definition) is 3. The van der Waals surface area contributed by atoms with E-state index in [-0.39, 0.29) is 29.9 Å². The van der Waals surface area contributed by atoms with Crippen molar-refractivity contribution in [2.45, 2.75) is 26.4 Å². The van der Waals surface area contributed by atoms with Gasteiger partial charge in [0.25, 0.3) is 0 Å². The molecule has 0 saturated heterocycles. The first-order chi connectivity index (χ1) is 11.7. The molecule has 6 nitrogen and oxygen atoms in total. The molecule has 2 aromatic rings. The first-order valence-electron chi connectivity index (χ1n) is 7.84. The number of nitrogens with zero attached hydrogens (tertiary/aromatic N) is 2. The average molecular weight is 473 g/mol. The summed E-state index contributed by atoms with van der Waals surface area (Å²) in [5.41, 5.74) is 1.09. The van der Waals surface area contributed by atoms with Gasteiger partial charge in [0.1, 0.15) is 5.01 Å². The highest BCUT2D eigenvalue weighted by atomic mass is 127. The van der Waals surface area contributed by atoms with Crippen LogP contribution in [0.2, 0.25) is 0 Å². The molecule has 2 rings (SSSR count). The number of halogens is 1. The van der Waals surface area contributed by atoms with Gasteiger partial charge in [-0.25, -0.2) is 4.98 Å². The fourth-order valence-electron chi connectivity index (χ4n) is 2.04. The lowest BCUT2D eigenvalue weighted by atomic mass is 10.2. The van der Waals surface area contributed by atoms with Gasteiger partial charge in [0.05, 0.1) is 6.54 Å². The zero-order valence-electron chi connectivity index (χ0n) is 14.4. The van der Waals surface area contributed by atoms with Crippen molar-refractivity contribution < 1.29 is 4.79 Å². The van der Waals surface area contributed by atoms with E-state index < -0.39 is 0 Å². The molecule has 1 aromatic heterocycles. The lowest BCUT2D eigenvalue weighted by Gasteiger charge is -2.11. The summed E-state index contributed by atoms with van der Waals surface area (Å²) in [4.78, 5) is 21.5. The summed E-state index contributed by atoms with van der Waals surface area (Å²) in [6.07, 6.45) is 2.25. The lowest BCUT2D eigenvalue weighted by molar-refractivity contribution is -0.121. The van der Waals surface area contributed by atoms with E-state index in [2.05, 4.69) is 25.9 Å². The van der Waals surface area contributed by atoms with Crippen molar-refractivity contribution in [2.75, 3.05) is 13.6 Å². The van der Waals surface area contributed by atoms with Gasteiger partial charge in [-0.2, -0.15) is 0 Å². The third kappa shape index (κ3) is 8.30. The molecule has 0 radical (unpaired) electrons. The molecule has 1 amide bonds. The molecule has 0 aliphatic rings. The molecule has 0 spiro atoms. The number of benzene rings is 1. The van der Waals surface area contributed by atoms with Crippen molar-refractivity contribution in [2.24, 2.45) is 4.99 Å². The van der Waals surface area contributed by atoms with Crippen LogP contribution < -0.4 is 16.0 Å². The van der Waals surface area contributed by atoms with E-state index in [0.717, 1.165) is 10.6 Å². The van der Waals surface area contributed by atoms with Gasteiger partial charge in [0, 0.05) is 37.6 Å². The van der Waals surface area contributed by atoms with Crippen LogP contribution >= 0.6 is 35.3 Å². The maximum Gasteiger partial charge on any atom is 0.222 e. The van der Waals surface area contributed by atoms with E-state index in [4.69, 9.17) is 0 Å². The lowest BCUT2D eigenvalue weighted by Crippen LogP contribution is -2.38. The van der Waals surface area contributed by atoms with Crippen LogP contribution in [0.4, 0.5) is 0 Å². The van der Waals surface area contributed by atoms with Crippen molar-refractivity contribution in [3.05, 3.63) is 52.0 Å². The second-order valence-corrected chi connectivity index (χ2v) is 6.55. The van der Waals surface area contributed by atoms with E-state index in [0.29, 0.717) is 32.0 Å². The van der Waals surface area contributed by atoms with Crippen molar-refractivity contribution in [1.29, 1.82) is 0 Å². The quantitative estimate of drug-likeness (QED) is 0.328. The third-order valence-electron chi connectivity index (χ3n) is 3.28. The highest BCUT2D eigenvalue weighted by molar-refractivity contribution is 14.0. The number of nitrogens with one attached hydrogen (secondary N) is 3. The number of carbonyl (C=O) groups excluding carboxylic acids is 1. The molecule has 0 atom stereocenters. The van der Waals surface area contributed by atoms with Gasteiger partial charge in [-0.3, -0.25) is 9.79 Å². The number of amides is 1. The van der Waals surface area contributed by atoms with Crippen LogP contribution in [0.1, 0.15) is 21.9 Å². The molecule has 0 aliphatic heterocycles. The molecular formula is C17H24IN5OS. The number of aliphatic imine (C=N–C) groups is 1. The summed E-state index contributed by atoms with van der Waals surface area (Å²) in [7, 11) is 1.71. The molecular weight excluding hydrogens is 449 g/mol. The van der Waals surface area contributed by atoms with Gasteiger partial charge < -0.3 is 16.0 Å². The molecule has 0 fully saturated rings. The van der Waals surface area contributed by atoms with Crippen molar-refractivity contribution >= 4 is 47.2 Å². The van der Waals surface area contributed by atoms with Crippen LogP contribution in [0.15, 0.2) is 41.5 Å². The number of rotatable bonds is 7. The largest absolute Gasteiger partial charge is 0.356 e. The number of carbonyl (C=O) groups is 1. The highest BCUT2D eigenvalue weighted by Gasteiger charge is 2.04. The summed E-state index contributed by atoms with van der Waals surface area (Å²) in [6, 6.07) is 9.86. The van der Waals surface area contributed by atoms with E-state index in [9.17, 15) is 4.79 Å². The van der Waals surface area contributed by atoms with E-state index >= 15 is 0 Å². The fraction of sp³-hybridized carbons (Fsp3) is 0.353. The Morgan fingerprint density at radius 1 is 1.16 bits per heavy atom. The first-order valence-corrected chi connectivity index (χ1v) is 8.65. The predicted octanol–water partition coefficient (Wildman–Crippen LogP) is 2.44. The highest BCUT2D eigenvalue weighted by Crippen LogP contribution is 2.10. The Morgan fingerprint density at radius 3 is 2.56 bits per heavy atom. The molecule has 1 aromatic carbocycles. The summed E-state index contributed by atoms with van der Waals surface area (Å²) in [6.45, 7) is 3.73. The SMILES string of the molecule is CN=C(NCCC(=O)NCc1ccccc1)NCc1ncc(C)s1.I. The molecule has 0 saturated carbocycles. The van der Waals surface area contributed by atoms with Gasteiger partial charge in [-0.15, -0.1) is 35.3 Å². The van der Waals surface area contributed by atoms with Crippen molar-refractivity contribution in [1.82, 2.24) is 20.9 Å². The number of thiazole rings is 1. The maximum absolute atomic E-state index is 11.8. The average Bonchev–Trinajstić information content (AvgIpc) is 3.02. The van der Waals surface area contributed by atoms with Gasteiger partial charge >= 0.3 is 0 Å². The maximum atomic E-state index is 11.8. The molecule has 3 N–H and O–H groups in total. The Bertz CT molecular complexity index is 675. The van der Waals surface area contributed by atoms with Gasteiger partial charge in [0.15, 0.2) is 5.96 Å². The smallest absolute Gasteiger partial charge is 0.222 e. The summed E-state index contributed by atoms with van der Waals surface area (Å²) < 4.78 is 0. The Kier molecular flexibility index (Phi) is 10.1. The number of aromatic nitrogens is 1. The van der Waals surface area contributed by atoms with Gasteiger partial charge in [-0.1, -0.05) is 30.3 Å². The van der Waals surface area contributed by atoms with Crippen LogP contribution in [0.25, 0.3) is 0 Å². The standard InChI is InChI=1S/C17H23N5OS.HI/c1-13-10-21-16(24-13)12-22-17(18-2)19-9-8-15(23)20-11-14-6-4-3-5-7-14;/h3-7,10H,8-9,11-12H2,1-2H3,(H,20,23)(H2,18,19,22);1H. The topological polar surface area (TPSA) is 78.4 Å². The molecule has 0 aliphatic carbocycles. The summed E-state index contributed by atoms with van der Waals surface area (Å²) >= 11 is 1.65. The molecule has 136 valence electrons. The van der Waals surface area contributed by atoms with Crippen LogP contribution in [-0.4, -0.2) is 30.4 Å². The van der Waals surface area contributed by atoms with Crippen LogP contribution in [0, 0.1) is 6.92 Å². The van der Waals surface area contributed by atoms with Crippen molar-refractivity contribution in [3.8, 4) is 0 Å². The minimum absolute atomic E-state index is 0. The molecule has 0 unspecified atom stereocenters. The summed E-state index contributed by atoms with van der Waals surface area (Å²) in [5.74, 6) is 0.677. The molecule has 0 bridgehead atoms. The van der Waals surface area contributed by atoms with Gasteiger partial charge in [0.2, 0.25) is 5.91 Å². The monoisotopic (exact) mass is 473 g/mol. The third-order valence-corrected chi connectivity index (χ3v) is 4.19. The molecule has 1 heterocycles. The minimum Gasteiger partial charge on any atom is -0.356 e. The summed E-state index contributed by atoms with van der Waals surface area (Å²) in [5, 5.41) is 10.2. The Balaban J connectivity index is 0.00000312. The van der Waals surface area contributed by atoms with E-state index in [1.54, 1.807) is 18.4 Å². The first kappa shape index (κ1) is 21.4. The Labute approximate surface area is 169 Å². The van der Waals surface area contributed by atoms with Crippen LogP contribution in [0.3, 0.4) is 0 Å². The second-order valence-electron chi connectivity index (χ2n) is 5.23. The second kappa shape index (κ2) is 11.8. The van der Waals surface area contributed by atoms with Crippen LogP contribution in [0.5, 0.6) is 0 Å². The van der Waals surface area contributed by atoms with Crippen molar-refractivity contribution in [3.63, 3.8) is 0 Å². The Morgan fingerprint density at radius 2 is 1.92 bits per heavy atom. The zero-order chi connectivity index (χ0) is 17.2. The molecule has 8 heteroatoms. The fourth-order valence-corrected chi connectivity index (χ4v) is 2.77. The normalized spacial score (nSPS) is 10.7. The van der Waals surface area contributed by atoms with E-state index in [1.807, 2.05) is 43.5 Å². The Hall–Kier alpha value is -1.68. The van der Waals surface area contributed by atoms with Crippen LogP contribution in [-0.2, 0) is 17.9 Å². The van der Waals surface area contributed by atoms with E-state index in [1.165, 1.54) is 4.88 Å².